The number of aryl methyl sites for hydroxylation is 1. The quantitative estimate of drug-likeness (QED) is 0.867. The number of carbonyl (C=O) groups is 2. The monoisotopic (exact) mass is 278 g/mol. The van der Waals surface area contributed by atoms with Gasteiger partial charge in [0.15, 0.2) is 0 Å². The Hall–Kier alpha value is -2.04. The van der Waals surface area contributed by atoms with Crippen molar-refractivity contribution in [3.05, 3.63) is 29.3 Å². The number of carboxylic acid groups (broad SMARTS) is 1. The van der Waals surface area contributed by atoms with E-state index < -0.39 is 5.97 Å². The van der Waals surface area contributed by atoms with E-state index >= 15 is 0 Å². The normalized spacial score (nSPS) is 10.4. The summed E-state index contributed by atoms with van der Waals surface area (Å²) < 4.78 is 0. The summed E-state index contributed by atoms with van der Waals surface area (Å²) in [5, 5.41) is 11.8. The van der Waals surface area contributed by atoms with E-state index in [4.69, 9.17) is 5.11 Å². The number of aromatic carboxylic acids is 1. The number of rotatable bonds is 5. The molecule has 0 unspecified atom stereocenters. The molecule has 0 bridgehead atoms. The average molecular weight is 278 g/mol. The van der Waals surface area contributed by atoms with Gasteiger partial charge in [-0.05, 0) is 44.9 Å². The van der Waals surface area contributed by atoms with Crippen LogP contribution in [0, 0.1) is 6.92 Å². The maximum Gasteiger partial charge on any atom is 0.336 e. The van der Waals surface area contributed by atoms with Crippen molar-refractivity contribution < 1.29 is 14.7 Å². The average Bonchev–Trinajstić information content (AvgIpc) is 2.37. The summed E-state index contributed by atoms with van der Waals surface area (Å²) in [5.74, 6) is -0.993. The molecule has 0 aliphatic rings. The zero-order valence-electron chi connectivity index (χ0n) is 12.4. The van der Waals surface area contributed by atoms with Gasteiger partial charge in [-0.1, -0.05) is 13.0 Å². The second-order valence-corrected chi connectivity index (χ2v) is 5.05. The molecule has 5 heteroatoms. The summed E-state index contributed by atoms with van der Waals surface area (Å²) >= 11 is 0. The first-order valence-electron chi connectivity index (χ1n) is 6.78. The molecule has 5 nitrogen and oxygen atoms in total. The maximum atomic E-state index is 12.2. The number of carboxylic acids is 1. The Bertz CT molecular complexity index is 498. The molecule has 0 spiro atoms. The molecular weight excluding hydrogens is 256 g/mol. The number of anilines is 1. The standard InChI is InChI=1S/C15H22N2O3/c1-5-8-17(10(2)3)15(20)16-12-7-6-11(4)13(9-12)14(18)19/h6-7,9-10H,5,8H2,1-4H3,(H,16,20)(H,18,19). The van der Waals surface area contributed by atoms with Crippen LogP contribution in [0.25, 0.3) is 0 Å². The van der Waals surface area contributed by atoms with E-state index in [1.807, 2.05) is 20.8 Å². The second-order valence-electron chi connectivity index (χ2n) is 5.05. The summed E-state index contributed by atoms with van der Waals surface area (Å²) in [5.41, 5.74) is 1.37. The maximum absolute atomic E-state index is 12.2. The topological polar surface area (TPSA) is 69.6 Å². The minimum atomic E-state index is -0.993. The van der Waals surface area contributed by atoms with Crippen LogP contribution >= 0.6 is 0 Å². The number of carbonyl (C=O) groups excluding carboxylic acids is 1. The van der Waals surface area contributed by atoms with Gasteiger partial charge in [0, 0.05) is 18.3 Å². The Balaban J connectivity index is 2.89. The lowest BCUT2D eigenvalue weighted by molar-refractivity contribution is 0.0696. The lowest BCUT2D eigenvalue weighted by Gasteiger charge is -2.26. The van der Waals surface area contributed by atoms with E-state index in [1.54, 1.807) is 24.0 Å². The fourth-order valence-corrected chi connectivity index (χ4v) is 1.96. The van der Waals surface area contributed by atoms with Gasteiger partial charge in [-0.3, -0.25) is 0 Å². The van der Waals surface area contributed by atoms with Gasteiger partial charge in [-0.25, -0.2) is 9.59 Å². The van der Waals surface area contributed by atoms with E-state index in [1.165, 1.54) is 6.07 Å². The van der Waals surface area contributed by atoms with E-state index in [0.29, 0.717) is 17.8 Å². The molecule has 20 heavy (non-hydrogen) atoms. The van der Waals surface area contributed by atoms with Crippen LogP contribution in [0.4, 0.5) is 10.5 Å². The van der Waals surface area contributed by atoms with Gasteiger partial charge < -0.3 is 15.3 Å². The molecule has 1 aromatic rings. The van der Waals surface area contributed by atoms with Crippen LogP contribution in [-0.4, -0.2) is 34.6 Å². The molecule has 0 saturated heterocycles. The van der Waals surface area contributed by atoms with Gasteiger partial charge in [-0.15, -0.1) is 0 Å². The minimum absolute atomic E-state index is 0.0966. The SMILES string of the molecule is CCCN(C(=O)Nc1ccc(C)c(C(=O)O)c1)C(C)C. The van der Waals surface area contributed by atoms with Crippen LogP contribution < -0.4 is 5.32 Å². The van der Waals surface area contributed by atoms with Crippen LogP contribution in [0.15, 0.2) is 18.2 Å². The summed E-state index contributed by atoms with van der Waals surface area (Å²) in [4.78, 5) is 25.0. The number of benzene rings is 1. The largest absolute Gasteiger partial charge is 0.478 e. The van der Waals surface area contributed by atoms with Crippen LogP contribution in [-0.2, 0) is 0 Å². The van der Waals surface area contributed by atoms with Crippen LogP contribution in [0.1, 0.15) is 43.1 Å². The van der Waals surface area contributed by atoms with Crippen molar-refractivity contribution in [1.82, 2.24) is 4.90 Å². The highest BCUT2D eigenvalue weighted by Crippen LogP contribution is 2.16. The second kappa shape index (κ2) is 6.93. The molecule has 0 heterocycles. The molecule has 0 fully saturated rings. The van der Waals surface area contributed by atoms with Crippen molar-refractivity contribution in [2.24, 2.45) is 0 Å². The Kier molecular flexibility index (Phi) is 5.55. The number of amides is 2. The first kappa shape index (κ1) is 16.0. The van der Waals surface area contributed by atoms with E-state index in [0.717, 1.165) is 6.42 Å². The predicted octanol–water partition coefficient (Wildman–Crippen LogP) is 3.35. The molecule has 2 N–H and O–H groups in total. The third-order valence-electron chi connectivity index (χ3n) is 3.07. The first-order chi connectivity index (χ1) is 9.36. The summed E-state index contributed by atoms with van der Waals surface area (Å²) in [6, 6.07) is 4.78. The molecule has 1 aromatic carbocycles. The molecule has 0 aliphatic heterocycles. The molecule has 110 valence electrons. The van der Waals surface area contributed by atoms with Gasteiger partial charge in [-0.2, -0.15) is 0 Å². The molecule has 0 aliphatic carbocycles. The smallest absolute Gasteiger partial charge is 0.336 e. The number of hydrogen-bond acceptors (Lipinski definition) is 2. The molecule has 1 rings (SSSR count). The van der Waals surface area contributed by atoms with Gasteiger partial charge in [0.1, 0.15) is 0 Å². The highest BCUT2D eigenvalue weighted by Gasteiger charge is 2.16. The minimum Gasteiger partial charge on any atom is -0.478 e. The third-order valence-corrected chi connectivity index (χ3v) is 3.07. The first-order valence-corrected chi connectivity index (χ1v) is 6.78. The lowest BCUT2D eigenvalue weighted by Crippen LogP contribution is -2.40. The van der Waals surface area contributed by atoms with Gasteiger partial charge in [0.05, 0.1) is 5.56 Å². The Morgan fingerprint density at radius 3 is 2.50 bits per heavy atom. The molecular formula is C15H22N2O3. The molecule has 0 atom stereocenters. The Morgan fingerprint density at radius 2 is 2.00 bits per heavy atom. The molecule has 0 aromatic heterocycles. The highest BCUT2D eigenvalue weighted by molar-refractivity contribution is 5.94. The Morgan fingerprint density at radius 1 is 1.35 bits per heavy atom. The molecule has 0 saturated carbocycles. The van der Waals surface area contributed by atoms with Crippen molar-refractivity contribution in [1.29, 1.82) is 0 Å². The van der Waals surface area contributed by atoms with Crippen molar-refractivity contribution in [2.75, 3.05) is 11.9 Å². The number of urea groups is 1. The van der Waals surface area contributed by atoms with Gasteiger partial charge >= 0.3 is 12.0 Å². The fraction of sp³-hybridized carbons (Fsp3) is 0.467. The predicted molar refractivity (Wildman–Crippen MR) is 79.3 cm³/mol. The lowest BCUT2D eigenvalue weighted by atomic mass is 10.1. The highest BCUT2D eigenvalue weighted by atomic mass is 16.4. The van der Waals surface area contributed by atoms with Crippen LogP contribution in [0.5, 0.6) is 0 Å². The van der Waals surface area contributed by atoms with Crippen LogP contribution in [0.2, 0.25) is 0 Å². The fourth-order valence-electron chi connectivity index (χ4n) is 1.96. The van der Waals surface area contributed by atoms with Crippen molar-refractivity contribution in [3.63, 3.8) is 0 Å². The number of hydrogen-bond donors (Lipinski definition) is 2. The van der Waals surface area contributed by atoms with E-state index in [-0.39, 0.29) is 17.6 Å². The van der Waals surface area contributed by atoms with E-state index in [2.05, 4.69) is 5.32 Å². The van der Waals surface area contributed by atoms with Crippen LogP contribution in [0.3, 0.4) is 0 Å². The van der Waals surface area contributed by atoms with Crippen molar-refractivity contribution in [2.45, 2.75) is 40.2 Å². The van der Waals surface area contributed by atoms with E-state index in [9.17, 15) is 9.59 Å². The third kappa shape index (κ3) is 3.98. The summed E-state index contributed by atoms with van der Waals surface area (Å²) in [7, 11) is 0. The summed E-state index contributed by atoms with van der Waals surface area (Å²) in [6.45, 7) is 8.31. The van der Waals surface area contributed by atoms with Gasteiger partial charge in [0.25, 0.3) is 0 Å². The summed E-state index contributed by atoms with van der Waals surface area (Å²) in [6.07, 6.45) is 0.875. The Labute approximate surface area is 119 Å². The zero-order valence-corrected chi connectivity index (χ0v) is 12.4. The van der Waals surface area contributed by atoms with Crippen molar-refractivity contribution in [3.8, 4) is 0 Å². The van der Waals surface area contributed by atoms with Gasteiger partial charge in [0.2, 0.25) is 0 Å². The number of nitrogens with zero attached hydrogens (tertiary/aromatic N) is 1. The molecule has 2 amide bonds. The van der Waals surface area contributed by atoms with Crippen molar-refractivity contribution >= 4 is 17.7 Å². The zero-order chi connectivity index (χ0) is 15.3. The number of nitrogens with one attached hydrogen (secondary N) is 1. The molecule has 0 radical (unpaired) electrons.